The molecule has 1 aromatic heterocycles. The Morgan fingerprint density at radius 3 is 2.75 bits per heavy atom. The van der Waals surface area contributed by atoms with Crippen molar-refractivity contribution in [3.63, 3.8) is 0 Å². The van der Waals surface area contributed by atoms with E-state index in [0.29, 0.717) is 19.2 Å². The molecule has 1 amide bonds. The van der Waals surface area contributed by atoms with E-state index < -0.39 is 0 Å². The van der Waals surface area contributed by atoms with E-state index in [1.165, 1.54) is 24.2 Å². The van der Waals surface area contributed by atoms with Crippen molar-refractivity contribution < 1.29 is 9.53 Å². The van der Waals surface area contributed by atoms with E-state index in [9.17, 15) is 4.79 Å². The average molecular weight is 392 g/mol. The van der Waals surface area contributed by atoms with Crippen molar-refractivity contribution in [1.82, 2.24) is 25.1 Å². The molecule has 0 spiro atoms. The van der Waals surface area contributed by atoms with Gasteiger partial charge in [0.1, 0.15) is 5.82 Å². The van der Waals surface area contributed by atoms with E-state index in [1.54, 1.807) is 7.11 Å². The first-order valence-corrected chi connectivity index (χ1v) is 10.9. The summed E-state index contributed by atoms with van der Waals surface area (Å²) in [6, 6.07) is 0.609. The Morgan fingerprint density at radius 2 is 2.07 bits per heavy atom. The van der Waals surface area contributed by atoms with Crippen LogP contribution in [0, 0.1) is 12.8 Å². The first-order chi connectivity index (χ1) is 13.6. The van der Waals surface area contributed by atoms with Gasteiger partial charge < -0.3 is 15.0 Å². The summed E-state index contributed by atoms with van der Waals surface area (Å²) in [5.41, 5.74) is 2.40. The maximum atomic E-state index is 12.4. The van der Waals surface area contributed by atoms with Crippen LogP contribution < -0.4 is 5.32 Å². The summed E-state index contributed by atoms with van der Waals surface area (Å²) in [4.78, 5) is 25.6. The lowest BCUT2D eigenvalue weighted by Gasteiger charge is -2.42. The van der Waals surface area contributed by atoms with Crippen LogP contribution in [-0.2, 0) is 22.5 Å². The number of aromatic amines is 1. The Kier molecular flexibility index (Phi) is 7.88. The number of carbonyl (C=O) groups excluding carboxylic acids is 1. The number of carbonyl (C=O) groups is 1. The minimum atomic E-state index is 0.128. The highest BCUT2D eigenvalue weighted by Gasteiger charge is 2.31. The lowest BCUT2D eigenvalue weighted by atomic mass is 9.93. The average Bonchev–Trinajstić information content (AvgIpc) is 3.08. The second-order valence-corrected chi connectivity index (χ2v) is 8.23. The van der Waals surface area contributed by atoms with Crippen LogP contribution in [0.5, 0.6) is 0 Å². The Labute approximate surface area is 169 Å². The largest absolute Gasteiger partial charge is 0.383 e. The summed E-state index contributed by atoms with van der Waals surface area (Å²) < 4.78 is 5.03. The highest BCUT2D eigenvalue weighted by Crippen LogP contribution is 2.25. The number of nitrogens with zero attached hydrogens (tertiary/aromatic N) is 3. The molecule has 2 N–H and O–H groups in total. The molecule has 2 aliphatic heterocycles. The van der Waals surface area contributed by atoms with Gasteiger partial charge in [-0.2, -0.15) is 0 Å². The van der Waals surface area contributed by atoms with Crippen molar-refractivity contribution in [3.05, 3.63) is 17.2 Å². The van der Waals surface area contributed by atoms with Gasteiger partial charge in [-0.3, -0.25) is 14.6 Å². The molecule has 28 heavy (non-hydrogen) atoms. The molecule has 2 saturated heterocycles. The van der Waals surface area contributed by atoms with Crippen LogP contribution >= 0.6 is 0 Å². The summed E-state index contributed by atoms with van der Waals surface area (Å²) in [5, 5.41) is 3.01. The summed E-state index contributed by atoms with van der Waals surface area (Å²) in [7, 11) is 1.66. The molecule has 2 fully saturated rings. The van der Waals surface area contributed by atoms with Gasteiger partial charge >= 0.3 is 0 Å². The molecule has 158 valence electrons. The number of piperidine rings is 2. The van der Waals surface area contributed by atoms with Crippen molar-refractivity contribution >= 4 is 5.91 Å². The molecule has 1 atom stereocenters. The summed E-state index contributed by atoms with van der Waals surface area (Å²) in [5.74, 6) is 1.41. The first-order valence-electron chi connectivity index (χ1n) is 10.9. The number of aryl methyl sites for hydroxylation is 2. The van der Waals surface area contributed by atoms with Crippen LogP contribution in [-0.4, -0.2) is 78.2 Å². The molecule has 0 aromatic carbocycles. The van der Waals surface area contributed by atoms with E-state index in [0.717, 1.165) is 57.8 Å². The third-order valence-electron chi connectivity index (χ3n) is 6.25. The van der Waals surface area contributed by atoms with E-state index >= 15 is 0 Å². The maximum absolute atomic E-state index is 12.4. The van der Waals surface area contributed by atoms with Gasteiger partial charge in [-0.15, -0.1) is 0 Å². The second-order valence-electron chi connectivity index (χ2n) is 8.23. The molecular formula is C21H37N5O2. The Bertz CT molecular complexity index is 624. The van der Waals surface area contributed by atoms with Crippen molar-refractivity contribution in [1.29, 1.82) is 0 Å². The van der Waals surface area contributed by atoms with Crippen LogP contribution in [0.25, 0.3) is 0 Å². The summed E-state index contributed by atoms with van der Waals surface area (Å²) >= 11 is 0. The summed E-state index contributed by atoms with van der Waals surface area (Å²) in [6.07, 6.45) is 5.45. The molecule has 3 rings (SSSR count). The van der Waals surface area contributed by atoms with Crippen molar-refractivity contribution in [2.45, 2.75) is 58.5 Å². The second kappa shape index (κ2) is 10.4. The molecule has 0 bridgehead atoms. The number of likely N-dealkylation sites (tertiary alicyclic amines) is 2. The summed E-state index contributed by atoms with van der Waals surface area (Å²) in [6.45, 7) is 10.6. The topological polar surface area (TPSA) is 73.5 Å². The van der Waals surface area contributed by atoms with Crippen LogP contribution in [0.4, 0.5) is 0 Å². The zero-order valence-electron chi connectivity index (χ0n) is 17.8. The molecule has 0 saturated carbocycles. The lowest BCUT2D eigenvalue weighted by Crippen LogP contribution is -2.50. The standard InChI is InChI=1S/C21H37N5O2/c1-4-20-23-16(2)19(24-20)15-25-11-7-18(8-12-25)26-10-5-6-17(14-26)21(27)22-9-13-28-3/h17-18H,4-15H2,1-3H3,(H,22,27)(H,23,24)/t17-/m0/s1. The van der Waals surface area contributed by atoms with Crippen molar-refractivity contribution in [3.8, 4) is 0 Å². The zero-order valence-corrected chi connectivity index (χ0v) is 17.8. The van der Waals surface area contributed by atoms with Gasteiger partial charge in [0, 0.05) is 58.0 Å². The van der Waals surface area contributed by atoms with Gasteiger partial charge in [-0.1, -0.05) is 6.92 Å². The molecule has 2 aliphatic rings. The molecule has 0 radical (unpaired) electrons. The highest BCUT2D eigenvalue weighted by molar-refractivity contribution is 5.78. The molecule has 0 aliphatic carbocycles. The van der Waals surface area contributed by atoms with Crippen molar-refractivity contribution in [2.75, 3.05) is 46.4 Å². The smallest absolute Gasteiger partial charge is 0.224 e. The fourth-order valence-electron chi connectivity index (χ4n) is 4.51. The van der Waals surface area contributed by atoms with Gasteiger partial charge in [0.05, 0.1) is 18.2 Å². The van der Waals surface area contributed by atoms with E-state index in [4.69, 9.17) is 9.72 Å². The molecule has 7 heteroatoms. The first kappa shape index (κ1) is 21.3. The van der Waals surface area contributed by atoms with Gasteiger partial charge in [0.25, 0.3) is 0 Å². The third-order valence-corrected chi connectivity index (χ3v) is 6.25. The number of ether oxygens (including phenoxy) is 1. The van der Waals surface area contributed by atoms with Gasteiger partial charge in [0.15, 0.2) is 0 Å². The normalized spacial score (nSPS) is 22.5. The molecule has 3 heterocycles. The Balaban J connectivity index is 1.45. The lowest BCUT2D eigenvalue weighted by molar-refractivity contribution is -0.127. The number of rotatable bonds is 8. The van der Waals surface area contributed by atoms with Crippen LogP contribution in [0.1, 0.15) is 49.8 Å². The van der Waals surface area contributed by atoms with Gasteiger partial charge in [-0.05, 0) is 39.2 Å². The molecular weight excluding hydrogens is 354 g/mol. The highest BCUT2D eigenvalue weighted by atomic mass is 16.5. The predicted octanol–water partition coefficient (Wildman–Crippen LogP) is 1.72. The number of hydrogen-bond donors (Lipinski definition) is 2. The fourth-order valence-corrected chi connectivity index (χ4v) is 4.51. The Morgan fingerprint density at radius 1 is 1.29 bits per heavy atom. The van der Waals surface area contributed by atoms with Gasteiger partial charge in [0.2, 0.25) is 5.91 Å². The van der Waals surface area contributed by atoms with Crippen molar-refractivity contribution in [2.24, 2.45) is 5.92 Å². The van der Waals surface area contributed by atoms with Gasteiger partial charge in [-0.25, -0.2) is 4.98 Å². The fraction of sp³-hybridized carbons (Fsp3) is 0.810. The van der Waals surface area contributed by atoms with Crippen LogP contribution in [0.2, 0.25) is 0 Å². The van der Waals surface area contributed by atoms with E-state index in [-0.39, 0.29) is 11.8 Å². The SMILES string of the molecule is CCc1nc(CN2CCC(N3CCC[C@H](C(=O)NCCOC)C3)CC2)c(C)[nH]1. The van der Waals surface area contributed by atoms with E-state index in [1.807, 2.05) is 0 Å². The number of amides is 1. The zero-order chi connectivity index (χ0) is 19.9. The molecule has 0 unspecified atom stereocenters. The third kappa shape index (κ3) is 5.55. The maximum Gasteiger partial charge on any atom is 0.224 e. The number of methoxy groups -OCH3 is 1. The number of hydrogen-bond acceptors (Lipinski definition) is 5. The minimum absolute atomic E-state index is 0.128. The predicted molar refractivity (Wildman–Crippen MR) is 110 cm³/mol. The molecule has 1 aromatic rings. The van der Waals surface area contributed by atoms with E-state index in [2.05, 4.69) is 33.9 Å². The number of H-pyrrole nitrogens is 1. The minimum Gasteiger partial charge on any atom is -0.383 e. The number of nitrogens with one attached hydrogen (secondary N) is 2. The van der Waals surface area contributed by atoms with Crippen LogP contribution in [0.3, 0.4) is 0 Å². The Hall–Kier alpha value is -1.44. The number of aromatic nitrogens is 2. The number of imidazole rings is 1. The monoisotopic (exact) mass is 391 g/mol. The molecule has 7 nitrogen and oxygen atoms in total. The quantitative estimate of drug-likeness (QED) is 0.660. The van der Waals surface area contributed by atoms with Crippen LogP contribution in [0.15, 0.2) is 0 Å².